The van der Waals surface area contributed by atoms with Crippen molar-refractivity contribution in [1.29, 1.82) is 0 Å². The van der Waals surface area contributed by atoms with E-state index in [4.69, 9.17) is 0 Å². The minimum Gasteiger partial charge on any atom is -0.465 e. The Morgan fingerprint density at radius 1 is 1.36 bits per heavy atom. The first-order chi connectivity index (χ1) is 11.8. The number of hydrogen-bond donors (Lipinski definition) is 1. The van der Waals surface area contributed by atoms with Crippen molar-refractivity contribution in [1.82, 2.24) is 4.90 Å². The van der Waals surface area contributed by atoms with Gasteiger partial charge in [0.1, 0.15) is 5.69 Å². The summed E-state index contributed by atoms with van der Waals surface area (Å²) in [6, 6.07) is 1.84. The number of ether oxygens (including phenoxy) is 1. The van der Waals surface area contributed by atoms with E-state index >= 15 is 0 Å². The quantitative estimate of drug-likeness (QED) is 0.468. The zero-order valence-corrected chi connectivity index (χ0v) is 14.1. The fraction of sp³-hybridized carbons (Fsp3) is 0.533. The Morgan fingerprint density at radius 3 is 2.64 bits per heavy atom. The van der Waals surface area contributed by atoms with E-state index in [2.05, 4.69) is 15.0 Å². The topological polar surface area (TPSA) is 128 Å². The predicted molar refractivity (Wildman–Crippen MR) is 89.8 cm³/mol. The zero-order chi connectivity index (χ0) is 18.6. The van der Waals surface area contributed by atoms with Crippen LogP contribution in [0.5, 0.6) is 0 Å². The maximum atomic E-state index is 12.0. The SMILES string of the molecule is COC(=O)c1cc([N+](=O)[O-])cc([N+](=O)[O-])c1NCC1CCCN(C)C1. The largest absolute Gasteiger partial charge is 0.465 e. The summed E-state index contributed by atoms with van der Waals surface area (Å²) >= 11 is 0. The Kier molecular flexibility index (Phi) is 5.86. The first kappa shape index (κ1) is 18.6. The summed E-state index contributed by atoms with van der Waals surface area (Å²) in [6.45, 7) is 2.26. The number of carbonyl (C=O) groups excluding carboxylic acids is 1. The Hall–Kier alpha value is -2.75. The van der Waals surface area contributed by atoms with Gasteiger partial charge in [-0.3, -0.25) is 20.2 Å². The number of nitrogens with one attached hydrogen (secondary N) is 1. The summed E-state index contributed by atoms with van der Waals surface area (Å²) in [5.74, 6) is -0.603. The number of non-ortho nitro benzene ring substituents is 1. The minimum absolute atomic E-state index is 0.0457. The minimum atomic E-state index is -0.866. The molecule has 2 rings (SSSR count). The molecule has 136 valence electrons. The summed E-state index contributed by atoms with van der Waals surface area (Å²) in [4.78, 5) is 35.0. The van der Waals surface area contributed by atoms with Crippen LogP contribution in [0.2, 0.25) is 0 Å². The summed E-state index contributed by atoms with van der Waals surface area (Å²) in [5.41, 5.74) is -1.31. The van der Waals surface area contributed by atoms with Gasteiger partial charge in [-0.1, -0.05) is 0 Å². The van der Waals surface area contributed by atoms with E-state index in [-0.39, 0.29) is 17.2 Å². The molecule has 1 aliphatic rings. The number of benzene rings is 1. The van der Waals surface area contributed by atoms with Crippen molar-refractivity contribution in [2.45, 2.75) is 12.8 Å². The molecule has 0 bridgehead atoms. The molecule has 1 saturated heterocycles. The summed E-state index contributed by atoms with van der Waals surface area (Å²) in [6.07, 6.45) is 1.99. The molecule has 1 aromatic rings. The van der Waals surface area contributed by atoms with Gasteiger partial charge in [0.05, 0.1) is 28.6 Å². The molecule has 0 radical (unpaired) electrons. The van der Waals surface area contributed by atoms with Crippen LogP contribution in [0.25, 0.3) is 0 Å². The van der Waals surface area contributed by atoms with Crippen LogP contribution in [0.15, 0.2) is 12.1 Å². The zero-order valence-electron chi connectivity index (χ0n) is 14.1. The Balaban J connectivity index is 2.37. The molecule has 1 aromatic carbocycles. The number of likely N-dealkylation sites (tertiary alicyclic amines) is 1. The molecule has 10 nitrogen and oxygen atoms in total. The third-order valence-electron chi connectivity index (χ3n) is 4.20. The molecule has 1 aliphatic heterocycles. The lowest BCUT2D eigenvalue weighted by molar-refractivity contribution is -0.393. The van der Waals surface area contributed by atoms with Crippen molar-refractivity contribution in [3.05, 3.63) is 37.9 Å². The lowest BCUT2D eigenvalue weighted by atomic mass is 9.98. The average molecular weight is 352 g/mol. The van der Waals surface area contributed by atoms with Crippen molar-refractivity contribution in [2.24, 2.45) is 5.92 Å². The fourth-order valence-corrected chi connectivity index (χ4v) is 3.00. The predicted octanol–water partition coefficient (Wildman–Crippen LogP) is 2.04. The molecule has 1 heterocycles. The number of methoxy groups -OCH3 is 1. The van der Waals surface area contributed by atoms with Crippen LogP contribution >= 0.6 is 0 Å². The second-order valence-electron chi connectivity index (χ2n) is 6.04. The Labute approximate surface area is 144 Å². The number of anilines is 1. The molecule has 1 N–H and O–H groups in total. The van der Waals surface area contributed by atoms with Crippen molar-refractivity contribution in [3.8, 4) is 0 Å². The third kappa shape index (κ3) is 4.41. The molecule has 25 heavy (non-hydrogen) atoms. The van der Waals surface area contributed by atoms with E-state index < -0.39 is 27.2 Å². The lowest BCUT2D eigenvalue weighted by Crippen LogP contribution is -2.35. The second-order valence-corrected chi connectivity index (χ2v) is 6.04. The number of nitro benzene ring substituents is 2. The number of hydrogen-bond acceptors (Lipinski definition) is 8. The average Bonchev–Trinajstić information content (AvgIpc) is 2.58. The Morgan fingerprint density at radius 2 is 2.08 bits per heavy atom. The van der Waals surface area contributed by atoms with Gasteiger partial charge in [-0.25, -0.2) is 4.79 Å². The van der Waals surface area contributed by atoms with Gasteiger partial charge in [0.2, 0.25) is 0 Å². The van der Waals surface area contributed by atoms with Gasteiger partial charge in [-0.2, -0.15) is 0 Å². The lowest BCUT2D eigenvalue weighted by Gasteiger charge is -2.30. The van der Waals surface area contributed by atoms with E-state index in [0.717, 1.165) is 45.2 Å². The molecular weight excluding hydrogens is 332 g/mol. The van der Waals surface area contributed by atoms with Gasteiger partial charge in [0.15, 0.2) is 0 Å². The first-order valence-corrected chi connectivity index (χ1v) is 7.81. The molecule has 1 fully saturated rings. The number of nitrogens with zero attached hydrogens (tertiary/aromatic N) is 3. The van der Waals surface area contributed by atoms with Gasteiger partial charge >= 0.3 is 5.97 Å². The van der Waals surface area contributed by atoms with Gasteiger partial charge in [0, 0.05) is 19.2 Å². The first-order valence-electron chi connectivity index (χ1n) is 7.81. The molecule has 1 unspecified atom stereocenters. The summed E-state index contributed by atoms with van der Waals surface area (Å²) in [5, 5.41) is 25.3. The van der Waals surface area contributed by atoms with Gasteiger partial charge in [-0.15, -0.1) is 0 Å². The molecule has 0 aromatic heterocycles. The number of nitro groups is 2. The van der Waals surface area contributed by atoms with Crippen LogP contribution in [0.1, 0.15) is 23.2 Å². The Bertz CT molecular complexity index is 693. The van der Waals surface area contributed by atoms with Crippen molar-refractivity contribution >= 4 is 23.0 Å². The van der Waals surface area contributed by atoms with Crippen molar-refractivity contribution in [2.75, 3.05) is 39.1 Å². The second kappa shape index (κ2) is 7.88. The number of piperidine rings is 1. The highest BCUT2D eigenvalue weighted by molar-refractivity contribution is 5.99. The standard InChI is InChI=1S/C15H20N4O6/c1-17-5-3-4-10(9-17)8-16-14-12(15(20)25-2)6-11(18(21)22)7-13(14)19(23)24/h6-7,10,16H,3-5,8-9H2,1-2H3. The molecular formula is C15H20N4O6. The van der Waals surface area contributed by atoms with E-state index in [1.807, 2.05) is 7.05 Å². The molecule has 0 amide bonds. The highest BCUT2D eigenvalue weighted by Crippen LogP contribution is 2.34. The molecule has 1 atom stereocenters. The molecule has 0 spiro atoms. The van der Waals surface area contributed by atoms with Crippen LogP contribution in [0.4, 0.5) is 17.1 Å². The summed E-state index contributed by atoms with van der Waals surface area (Å²) in [7, 11) is 3.12. The smallest absolute Gasteiger partial charge is 0.340 e. The van der Waals surface area contributed by atoms with E-state index in [0.29, 0.717) is 6.54 Å². The van der Waals surface area contributed by atoms with Crippen LogP contribution in [0, 0.1) is 26.1 Å². The van der Waals surface area contributed by atoms with E-state index in [1.165, 1.54) is 0 Å². The normalized spacial score (nSPS) is 17.8. The van der Waals surface area contributed by atoms with Crippen LogP contribution in [-0.2, 0) is 4.74 Å². The number of esters is 1. The van der Waals surface area contributed by atoms with Crippen molar-refractivity contribution < 1.29 is 19.4 Å². The molecule has 0 aliphatic carbocycles. The maximum absolute atomic E-state index is 12.0. The maximum Gasteiger partial charge on any atom is 0.340 e. The molecule has 10 heteroatoms. The van der Waals surface area contributed by atoms with Crippen LogP contribution in [0.3, 0.4) is 0 Å². The highest BCUT2D eigenvalue weighted by Gasteiger charge is 2.28. The van der Waals surface area contributed by atoms with Crippen molar-refractivity contribution in [3.63, 3.8) is 0 Å². The monoisotopic (exact) mass is 352 g/mol. The third-order valence-corrected chi connectivity index (χ3v) is 4.20. The van der Waals surface area contributed by atoms with Gasteiger partial charge < -0.3 is 15.0 Å². The van der Waals surface area contributed by atoms with Crippen LogP contribution < -0.4 is 5.32 Å². The number of rotatable bonds is 6. The summed E-state index contributed by atoms with van der Waals surface area (Å²) < 4.78 is 4.62. The van der Waals surface area contributed by atoms with Crippen LogP contribution in [-0.4, -0.2) is 54.5 Å². The van der Waals surface area contributed by atoms with E-state index in [1.54, 1.807) is 0 Å². The fourth-order valence-electron chi connectivity index (χ4n) is 3.00. The van der Waals surface area contributed by atoms with Gasteiger partial charge in [-0.05, 0) is 32.4 Å². The molecule has 0 saturated carbocycles. The van der Waals surface area contributed by atoms with E-state index in [9.17, 15) is 25.0 Å². The highest BCUT2D eigenvalue weighted by atomic mass is 16.6. The van der Waals surface area contributed by atoms with Gasteiger partial charge in [0.25, 0.3) is 11.4 Å². The number of carbonyl (C=O) groups is 1.